The second kappa shape index (κ2) is 6.72. The fraction of sp³-hybridized carbons (Fsp3) is 0.0952. The minimum absolute atomic E-state index is 0. The minimum Gasteiger partial charge on any atom is -0.333 e. The van der Waals surface area contributed by atoms with Gasteiger partial charge in [-0.1, -0.05) is 30.3 Å². The molecule has 0 bridgehead atoms. The van der Waals surface area contributed by atoms with Gasteiger partial charge in [0.15, 0.2) is 0 Å². The molecule has 0 aliphatic carbocycles. The van der Waals surface area contributed by atoms with Crippen LogP contribution in [0.15, 0.2) is 66.7 Å². The number of para-hydroxylation sites is 3. The van der Waals surface area contributed by atoms with Crippen LogP contribution in [-0.2, 0) is 20.1 Å². The van der Waals surface area contributed by atoms with Crippen molar-refractivity contribution in [2.75, 3.05) is 0 Å². The van der Waals surface area contributed by atoms with Gasteiger partial charge in [0.25, 0.3) is 0 Å². The maximum atomic E-state index is 7.99. The molecule has 2 nitrogen and oxygen atoms in total. The number of hydrogen-bond acceptors (Lipinski definition) is 1. The van der Waals surface area contributed by atoms with Crippen molar-refractivity contribution < 1.29 is 24.2 Å². The van der Waals surface area contributed by atoms with Crippen LogP contribution in [0, 0.1) is 19.8 Å². The van der Waals surface area contributed by atoms with Crippen LogP contribution in [0.2, 0.25) is 0 Å². The van der Waals surface area contributed by atoms with Gasteiger partial charge in [0.05, 0.1) is 16.9 Å². The first-order valence-corrected chi connectivity index (χ1v) is 7.52. The average Bonchev–Trinajstić information content (AvgIpc) is 3.01. The van der Waals surface area contributed by atoms with E-state index in [0.717, 1.165) is 22.2 Å². The molecule has 0 fully saturated rings. The molecule has 3 heteroatoms. The van der Waals surface area contributed by atoms with Gasteiger partial charge in [0.1, 0.15) is 0 Å². The second-order valence-corrected chi connectivity index (χ2v) is 5.51. The Morgan fingerprint density at radius 1 is 0.958 bits per heavy atom. The molecule has 121 valence electrons. The van der Waals surface area contributed by atoms with Crippen molar-refractivity contribution in [3.05, 3.63) is 83.9 Å². The minimum atomic E-state index is -2.22. The molecule has 24 heavy (non-hydrogen) atoms. The van der Waals surface area contributed by atoms with Gasteiger partial charge in [0.2, 0.25) is 0 Å². The van der Waals surface area contributed by atoms with E-state index < -0.39 is 6.85 Å². The zero-order valence-corrected chi connectivity index (χ0v) is 15.5. The SMILES string of the molecule is [2H]C([2H])([2H])c1cccc(C)c1-n1c(-c2[c-]cccc2)nc2ccccc21.[Ir]. The Kier molecular flexibility index (Phi) is 3.67. The van der Waals surface area contributed by atoms with Crippen molar-refractivity contribution >= 4 is 11.0 Å². The third-order valence-electron chi connectivity index (χ3n) is 3.97. The molecule has 0 unspecified atom stereocenters. The van der Waals surface area contributed by atoms with Gasteiger partial charge in [-0.05, 0) is 37.0 Å². The van der Waals surface area contributed by atoms with Gasteiger partial charge in [-0.25, -0.2) is 0 Å². The van der Waals surface area contributed by atoms with Crippen molar-refractivity contribution in [3.63, 3.8) is 0 Å². The van der Waals surface area contributed by atoms with Gasteiger partial charge in [0, 0.05) is 29.9 Å². The van der Waals surface area contributed by atoms with E-state index in [0.29, 0.717) is 17.1 Å². The first kappa shape index (κ1) is 13.1. The van der Waals surface area contributed by atoms with Gasteiger partial charge in [-0.15, -0.1) is 35.9 Å². The number of fused-ring (bicyclic) bond motifs is 1. The molecule has 0 atom stereocenters. The summed E-state index contributed by atoms with van der Waals surface area (Å²) in [6, 6.07) is 24.0. The molecule has 1 radical (unpaired) electrons. The summed E-state index contributed by atoms with van der Waals surface area (Å²) in [5.74, 6) is 0.687. The van der Waals surface area contributed by atoms with Gasteiger partial charge < -0.3 is 4.57 Å². The summed E-state index contributed by atoms with van der Waals surface area (Å²) in [7, 11) is 0. The Morgan fingerprint density at radius 3 is 2.54 bits per heavy atom. The molecular weight excluding hydrogens is 472 g/mol. The van der Waals surface area contributed by atoms with Crippen LogP contribution in [0.5, 0.6) is 0 Å². The van der Waals surface area contributed by atoms with E-state index in [9.17, 15) is 0 Å². The third-order valence-corrected chi connectivity index (χ3v) is 3.97. The summed E-state index contributed by atoms with van der Waals surface area (Å²) in [5.41, 5.74) is 4.38. The molecule has 1 heterocycles. The van der Waals surface area contributed by atoms with Crippen LogP contribution >= 0.6 is 0 Å². The normalized spacial score (nSPS) is 13.0. The predicted octanol–water partition coefficient (Wildman–Crippen LogP) is 5.11. The standard InChI is InChI=1S/C21H17N2.Ir/c1-15-9-8-10-16(2)20(15)23-19-14-7-6-13-18(19)22-21(23)17-11-4-3-5-12-17;/h3-11,13-14H,1-2H3;/q-1;/i1D3;. The molecule has 4 rings (SSSR count). The molecule has 0 saturated carbocycles. The summed E-state index contributed by atoms with van der Waals surface area (Å²) < 4.78 is 25.9. The molecule has 0 amide bonds. The number of nitrogens with zero attached hydrogens (tertiary/aromatic N) is 2. The second-order valence-electron chi connectivity index (χ2n) is 5.51. The quantitative estimate of drug-likeness (QED) is 0.356. The zero-order valence-electron chi connectivity index (χ0n) is 16.1. The molecule has 0 aliphatic rings. The number of aromatic nitrogens is 2. The first-order chi connectivity index (χ1) is 12.5. The number of benzene rings is 3. The molecular formula is C21H17IrN2-. The van der Waals surface area contributed by atoms with Crippen LogP contribution in [0.25, 0.3) is 28.1 Å². The monoisotopic (exact) mass is 493 g/mol. The summed E-state index contributed by atoms with van der Waals surface area (Å²) in [6.45, 7) is -0.289. The molecule has 0 saturated heterocycles. The summed E-state index contributed by atoms with van der Waals surface area (Å²) in [4.78, 5) is 4.77. The van der Waals surface area contributed by atoms with Gasteiger partial charge in [-0.2, -0.15) is 0 Å². The Balaban J connectivity index is 0.00000210. The first-order valence-electron chi connectivity index (χ1n) is 9.02. The Hall–Kier alpha value is -2.22. The summed E-state index contributed by atoms with van der Waals surface area (Å²) in [6.07, 6.45) is 0. The van der Waals surface area contributed by atoms with Crippen molar-refractivity contribution in [1.82, 2.24) is 9.55 Å². The van der Waals surface area contributed by atoms with E-state index in [1.807, 2.05) is 66.1 Å². The predicted molar refractivity (Wildman–Crippen MR) is 94.8 cm³/mol. The molecule has 0 aliphatic heterocycles. The third kappa shape index (κ3) is 2.71. The summed E-state index contributed by atoms with van der Waals surface area (Å²) >= 11 is 0. The van der Waals surface area contributed by atoms with E-state index in [-0.39, 0.29) is 20.1 Å². The summed E-state index contributed by atoms with van der Waals surface area (Å²) in [5, 5.41) is 0. The molecule has 4 aromatic rings. The van der Waals surface area contributed by atoms with Gasteiger partial charge in [-0.3, -0.25) is 4.98 Å². The van der Waals surface area contributed by atoms with E-state index in [1.165, 1.54) is 0 Å². The van der Waals surface area contributed by atoms with Crippen LogP contribution in [0.4, 0.5) is 0 Å². The number of hydrogen-bond donors (Lipinski definition) is 0. The van der Waals surface area contributed by atoms with Crippen LogP contribution < -0.4 is 0 Å². The van der Waals surface area contributed by atoms with Crippen LogP contribution in [0.1, 0.15) is 15.2 Å². The largest absolute Gasteiger partial charge is 0.333 e. The fourth-order valence-corrected chi connectivity index (χ4v) is 2.92. The number of rotatable bonds is 2. The Labute approximate surface area is 159 Å². The van der Waals surface area contributed by atoms with Crippen molar-refractivity contribution in [1.29, 1.82) is 0 Å². The van der Waals surface area contributed by atoms with E-state index in [4.69, 9.17) is 9.10 Å². The maximum Gasteiger partial charge on any atom is 0.0774 e. The Bertz CT molecular complexity index is 1090. The zero-order chi connectivity index (χ0) is 18.3. The molecule has 0 spiro atoms. The molecule has 3 aromatic carbocycles. The van der Waals surface area contributed by atoms with E-state index >= 15 is 0 Å². The smallest absolute Gasteiger partial charge is 0.0774 e. The fourth-order valence-electron chi connectivity index (χ4n) is 2.92. The average molecular weight is 493 g/mol. The van der Waals surface area contributed by atoms with Crippen LogP contribution in [-0.4, -0.2) is 9.55 Å². The van der Waals surface area contributed by atoms with E-state index in [2.05, 4.69) is 6.07 Å². The maximum absolute atomic E-state index is 7.99. The van der Waals surface area contributed by atoms with Crippen LogP contribution in [0.3, 0.4) is 0 Å². The van der Waals surface area contributed by atoms with Gasteiger partial charge >= 0.3 is 0 Å². The molecule has 1 aromatic heterocycles. The van der Waals surface area contributed by atoms with Crippen molar-refractivity contribution in [2.24, 2.45) is 0 Å². The topological polar surface area (TPSA) is 17.8 Å². The van der Waals surface area contributed by atoms with E-state index in [1.54, 1.807) is 12.1 Å². The number of aryl methyl sites for hydroxylation is 2. The van der Waals surface area contributed by atoms with Crippen molar-refractivity contribution in [3.8, 4) is 17.1 Å². The van der Waals surface area contributed by atoms with Crippen molar-refractivity contribution in [2.45, 2.75) is 13.8 Å². The number of imidazole rings is 1. The molecule has 0 N–H and O–H groups in total. The Morgan fingerprint density at radius 2 is 1.75 bits per heavy atom.